The van der Waals surface area contributed by atoms with Crippen LogP contribution in [0.2, 0.25) is 0 Å². The fraction of sp³-hybridized carbons (Fsp3) is 0.300. The molecule has 1 heterocycles. The number of carbonyl (C=O) groups is 1. The highest BCUT2D eigenvalue weighted by Crippen LogP contribution is 2.33. The molecular weight excluding hydrogens is 316 g/mol. The molecule has 0 fully saturated rings. The van der Waals surface area contributed by atoms with Crippen molar-refractivity contribution in [1.82, 2.24) is 5.32 Å². The third-order valence-electron chi connectivity index (χ3n) is 4.25. The number of rotatable bonds is 5. The highest BCUT2D eigenvalue weighted by molar-refractivity contribution is 5.94. The number of carbonyl (C=O) groups excluding carboxylic acids is 1. The minimum absolute atomic E-state index is 0.161. The summed E-state index contributed by atoms with van der Waals surface area (Å²) in [5.41, 5.74) is 2.15. The Morgan fingerprint density at radius 3 is 2.80 bits per heavy atom. The third kappa shape index (κ3) is 4.10. The third-order valence-corrected chi connectivity index (χ3v) is 4.25. The highest BCUT2D eigenvalue weighted by Gasteiger charge is 2.15. The van der Waals surface area contributed by atoms with Crippen molar-refractivity contribution in [3.8, 4) is 17.6 Å². The van der Waals surface area contributed by atoms with Gasteiger partial charge in [0.1, 0.15) is 13.2 Å². The van der Waals surface area contributed by atoms with Gasteiger partial charge in [0.15, 0.2) is 11.5 Å². The molecule has 0 bridgehead atoms. The van der Waals surface area contributed by atoms with Crippen molar-refractivity contribution < 1.29 is 14.3 Å². The smallest absolute Gasteiger partial charge is 0.251 e. The van der Waals surface area contributed by atoms with Crippen LogP contribution in [0.1, 0.15) is 40.7 Å². The number of amides is 1. The molecule has 1 aliphatic heterocycles. The standard InChI is InChI=1S/C20H20N2O3/c1-14(16-5-6-18-19(12-16)25-10-9-24-18)7-8-22-20(23)17-4-2-3-15(11-17)13-21/h2-6,11-12,14H,7-10H2,1H3,(H,22,23). The Balaban J connectivity index is 1.54. The van der Waals surface area contributed by atoms with Crippen LogP contribution in [0.15, 0.2) is 42.5 Å². The van der Waals surface area contributed by atoms with Crippen molar-refractivity contribution >= 4 is 5.91 Å². The van der Waals surface area contributed by atoms with E-state index in [1.54, 1.807) is 24.3 Å². The number of hydrogen-bond acceptors (Lipinski definition) is 4. The number of fused-ring (bicyclic) bond motifs is 1. The van der Waals surface area contributed by atoms with E-state index in [-0.39, 0.29) is 11.8 Å². The predicted octanol–water partition coefficient (Wildman–Crippen LogP) is 3.25. The molecule has 2 aromatic rings. The van der Waals surface area contributed by atoms with E-state index in [4.69, 9.17) is 14.7 Å². The molecule has 1 unspecified atom stereocenters. The van der Waals surface area contributed by atoms with Gasteiger partial charge in [-0.2, -0.15) is 5.26 Å². The number of nitrogens with one attached hydrogen (secondary N) is 1. The lowest BCUT2D eigenvalue weighted by molar-refractivity contribution is 0.0952. The SMILES string of the molecule is CC(CCNC(=O)c1cccc(C#N)c1)c1ccc2c(c1)OCCO2. The molecule has 0 aromatic heterocycles. The Morgan fingerprint density at radius 1 is 1.20 bits per heavy atom. The average molecular weight is 336 g/mol. The Bertz CT molecular complexity index is 811. The van der Waals surface area contributed by atoms with Gasteiger partial charge in [0.05, 0.1) is 11.6 Å². The number of nitrogens with zero attached hydrogens (tertiary/aromatic N) is 1. The van der Waals surface area contributed by atoms with Crippen molar-refractivity contribution in [2.24, 2.45) is 0 Å². The van der Waals surface area contributed by atoms with Crippen LogP contribution in [0.25, 0.3) is 0 Å². The second kappa shape index (κ2) is 7.71. The van der Waals surface area contributed by atoms with Crippen molar-refractivity contribution in [1.29, 1.82) is 5.26 Å². The van der Waals surface area contributed by atoms with Gasteiger partial charge in [0.2, 0.25) is 0 Å². The van der Waals surface area contributed by atoms with Crippen molar-refractivity contribution in [3.63, 3.8) is 0 Å². The van der Waals surface area contributed by atoms with Gasteiger partial charge in [0, 0.05) is 12.1 Å². The molecule has 5 nitrogen and oxygen atoms in total. The molecule has 0 saturated carbocycles. The highest BCUT2D eigenvalue weighted by atomic mass is 16.6. The maximum atomic E-state index is 12.2. The summed E-state index contributed by atoms with van der Waals surface area (Å²) >= 11 is 0. The lowest BCUT2D eigenvalue weighted by atomic mass is 9.97. The summed E-state index contributed by atoms with van der Waals surface area (Å²) in [6, 6.07) is 14.7. The van der Waals surface area contributed by atoms with Crippen LogP contribution in [0.4, 0.5) is 0 Å². The summed E-state index contributed by atoms with van der Waals surface area (Å²) in [4.78, 5) is 12.2. The van der Waals surface area contributed by atoms with E-state index < -0.39 is 0 Å². The maximum Gasteiger partial charge on any atom is 0.251 e. The molecule has 1 amide bonds. The lowest BCUT2D eigenvalue weighted by Gasteiger charge is -2.20. The van der Waals surface area contributed by atoms with E-state index in [9.17, 15) is 4.79 Å². The summed E-state index contributed by atoms with van der Waals surface area (Å²) in [6.07, 6.45) is 0.809. The van der Waals surface area contributed by atoms with Gasteiger partial charge < -0.3 is 14.8 Å². The average Bonchev–Trinajstić information content (AvgIpc) is 2.67. The Labute approximate surface area is 147 Å². The minimum Gasteiger partial charge on any atom is -0.486 e. The zero-order chi connectivity index (χ0) is 17.6. The molecule has 0 saturated heterocycles. The molecule has 3 rings (SSSR count). The van der Waals surface area contributed by atoms with E-state index >= 15 is 0 Å². The molecule has 1 atom stereocenters. The van der Waals surface area contributed by atoms with E-state index in [1.165, 1.54) is 0 Å². The van der Waals surface area contributed by atoms with Crippen molar-refractivity contribution in [2.45, 2.75) is 19.3 Å². The minimum atomic E-state index is -0.161. The molecule has 1 aliphatic rings. The van der Waals surface area contributed by atoms with E-state index in [0.717, 1.165) is 23.5 Å². The molecule has 2 aromatic carbocycles. The van der Waals surface area contributed by atoms with Crippen LogP contribution in [-0.2, 0) is 0 Å². The van der Waals surface area contributed by atoms with Gasteiger partial charge in [-0.3, -0.25) is 4.79 Å². The van der Waals surface area contributed by atoms with Crippen LogP contribution in [-0.4, -0.2) is 25.7 Å². The first-order valence-corrected chi connectivity index (χ1v) is 8.35. The molecule has 1 N–H and O–H groups in total. The summed E-state index contributed by atoms with van der Waals surface area (Å²) in [5, 5.41) is 11.8. The number of hydrogen-bond donors (Lipinski definition) is 1. The first-order chi connectivity index (χ1) is 12.2. The first-order valence-electron chi connectivity index (χ1n) is 8.35. The van der Waals surface area contributed by atoms with Crippen LogP contribution in [0.5, 0.6) is 11.5 Å². The lowest BCUT2D eigenvalue weighted by Crippen LogP contribution is -2.25. The van der Waals surface area contributed by atoms with Crippen LogP contribution >= 0.6 is 0 Å². The Hall–Kier alpha value is -3.00. The monoisotopic (exact) mass is 336 g/mol. The maximum absolute atomic E-state index is 12.2. The Kier molecular flexibility index (Phi) is 5.20. The molecule has 128 valence electrons. The topological polar surface area (TPSA) is 71.4 Å². The Morgan fingerprint density at radius 2 is 2.00 bits per heavy atom. The fourth-order valence-corrected chi connectivity index (χ4v) is 2.77. The van der Waals surface area contributed by atoms with Crippen molar-refractivity contribution in [2.75, 3.05) is 19.8 Å². The van der Waals surface area contributed by atoms with Gasteiger partial charge in [-0.1, -0.05) is 19.1 Å². The van der Waals surface area contributed by atoms with Gasteiger partial charge in [-0.05, 0) is 48.2 Å². The second-order valence-electron chi connectivity index (χ2n) is 6.04. The van der Waals surface area contributed by atoms with Crippen LogP contribution in [0, 0.1) is 11.3 Å². The molecular formula is C20H20N2O3. The van der Waals surface area contributed by atoms with Gasteiger partial charge in [-0.15, -0.1) is 0 Å². The number of nitriles is 1. The molecule has 0 radical (unpaired) electrons. The van der Waals surface area contributed by atoms with E-state index in [2.05, 4.69) is 12.2 Å². The molecule has 25 heavy (non-hydrogen) atoms. The summed E-state index contributed by atoms with van der Waals surface area (Å²) in [6.45, 7) is 3.84. The molecule has 5 heteroatoms. The summed E-state index contributed by atoms with van der Waals surface area (Å²) in [7, 11) is 0. The predicted molar refractivity (Wildman–Crippen MR) is 94.0 cm³/mol. The second-order valence-corrected chi connectivity index (χ2v) is 6.04. The van der Waals surface area contributed by atoms with Crippen molar-refractivity contribution in [3.05, 3.63) is 59.2 Å². The zero-order valence-electron chi connectivity index (χ0n) is 14.1. The quantitative estimate of drug-likeness (QED) is 0.910. The zero-order valence-corrected chi connectivity index (χ0v) is 14.1. The van der Waals surface area contributed by atoms with E-state index in [0.29, 0.717) is 30.9 Å². The number of ether oxygens (including phenoxy) is 2. The first kappa shape index (κ1) is 16.8. The van der Waals surface area contributed by atoms with Crippen LogP contribution < -0.4 is 14.8 Å². The number of benzene rings is 2. The summed E-state index contributed by atoms with van der Waals surface area (Å²) < 4.78 is 11.1. The molecule has 0 spiro atoms. The summed E-state index contributed by atoms with van der Waals surface area (Å²) in [5.74, 6) is 1.69. The van der Waals surface area contributed by atoms with Gasteiger partial charge in [-0.25, -0.2) is 0 Å². The van der Waals surface area contributed by atoms with Gasteiger partial charge in [0.25, 0.3) is 5.91 Å². The van der Waals surface area contributed by atoms with E-state index in [1.807, 2.05) is 24.3 Å². The van der Waals surface area contributed by atoms with Gasteiger partial charge >= 0.3 is 0 Å². The molecule has 0 aliphatic carbocycles. The largest absolute Gasteiger partial charge is 0.486 e. The normalized spacial score (nSPS) is 13.6. The fourth-order valence-electron chi connectivity index (χ4n) is 2.77. The van der Waals surface area contributed by atoms with Crippen LogP contribution in [0.3, 0.4) is 0 Å².